The largest absolute Gasteiger partial charge is 0.392 e. The van der Waals surface area contributed by atoms with Crippen LogP contribution in [0.2, 0.25) is 0 Å². The molecule has 0 aromatic heterocycles. The summed E-state index contributed by atoms with van der Waals surface area (Å²) in [4.78, 5) is 0.284. The zero-order valence-corrected chi connectivity index (χ0v) is 13.3. The highest BCUT2D eigenvalue weighted by molar-refractivity contribution is 7.89. The van der Waals surface area contributed by atoms with E-state index in [0.717, 1.165) is 5.56 Å². The van der Waals surface area contributed by atoms with Crippen LogP contribution in [0.3, 0.4) is 0 Å². The molecule has 1 unspecified atom stereocenters. The van der Waals surface area contributed by atoms with Gasteiger partial charge in [-0.3, -0.25) is 0 Å². The Morgan fingerprint density at radius 1 is 1.25 bits per heavy atom. The molecule has 20 heavy (non-hydrogen) atoms. The van der Waals surface area contributed by atoms with E-state index in [-0.39, 0.29) is 17.0 Å². The van der Waals surface area contributed by atoms with Gasteiger partial charge in [0.2, 0.25) is 10.0 Å². The molecule has 0 aliphatic carbocycles. The molecule has 114 valence electrons. The minimum Gasteiger partial charge on any atom is -0.392 e. The molecular formula is C14H24N2O3S. The van der Waals surface area contributed by atoms with Crippen LogP contribution in [0.5, 0.6) is 0 Å². The van der Waals surface area contributed by atoms with E-state index in [0.29, 0.717) is 13.0 Å². The maximum atomic E-state index is 11.9. The third kappa shape index (κ3) is 4.28. The molecule has 0 spiro atoms. The van der Waals surface area contributed by atoms with Gasteiger partial charge in [-0.2, -0.15) is 0 Å². The number of hydrogen-bond acceptors (Lipinski definition) is 4. The Morgan fingerprint density at radius 2 is 1.80 bits per heavy atom. The lowest BCUT2D eigenvalue weighted by Crippen LogP contribution is -2.28. The Labute approximate surface area is 121 Å². The number of benzene rings is 1. The van der Waals surface area contributed by atoms with Gasteiger partial charge in [0.05, 0.1) is 11.0 Å². The van der Waals surface area contributed by atoms with Crippen molar-refractivity contribution in [2.75, 3.05) is 20.6 Å². The van der Waals surface area contributed by atoms with Crippen molar-refractivity contribution in [2.45, 2.75) is 37.3 Å². The lowest BCUT2D eigenvalue weighted by molar-refractivity contribution is 0.164. The molecule has 1 rings (SSSR count). The standard InChI is InChI=1S/C14H24N2O3S/c1-5-13(17)10-15-11(2)12-6-8-14(9-7-12)20(18,19)16(3)4/h6-9,11,13,15,17H,5,10H2,1-4H3/t11?,13-/m1/s1. The van der Waals surface area contributed by atoms with Gasteiger partial charge in [0.15, 0.2) is 0 Å². The second-order valence-electron chi connectivity index (χ2n) is 5.05. The first-order valence-electron chi connectivity index (χ1n) is 6.73. The van der Waals surface area contributed by atoms with Crippen molar-refractivity contribution in [2.24, 2.45) is 0 Å². The van der Waals surface area contributed by atoms with Crippen LogP contribution in [0.4, 0.5) is 0 Å². The molecule has 0 bridgehead atoms. The lowest BCUT2D eigenvalue weighted by atomic mass is 10.1. The minimum atomic E-state index is -3.38. The van der Waals surface area contributed by atoms with Crippen molar-refractivity contribution in [3.8, 4) is 0 Å². The number of sulfonamides is 1. The minimum absolute atomic E-state index is 0.0623. The molecule has 0 amide bonds. The van der Waals surface area contributed by atoms with Crippen LogP contribution in [-0.4, -0.2) is 44.6 Å². The number of nitrogens with one attached hydrogen (secondary N) is 1. The fourth-order valence-corrected chi connectivity index (χ4v) is 2.62. The van der Waals surface area contributed by atoms with Gasteiger partial charge in [0.25, 0.3) is 0 Å². The summed E-state index contributed by atoms with van der Waals surface area (Å²) >= 11 is 0. The molecule has 0 aliphatic rings. The highest BCUT2D eigenvalue weighted by Gasteiger charge is 2.17. The van der Waals surface area contributed by atoms with Gasteiger partial charge >= 0.3 is 0 Å². The van der Waals surface area contributed by atoms with E-state index >= 15 is 0 Å². The Balaban J connectivity index is 2.76. The number of hydrogen-bond donors (Lipinski definition) is 2. The summed E-state index contributed by atoms with van der Waals surface area (Å²) in [5, 5.41) is 12.7. The third-order valence-electron chi connectivity index (χ3n) is 3.29. The van der Waals surface area contributed by atoms with Gasteiger partial charge in [0.1, 0.15) is 0 Å². The van der Waals surface area contributed by atoms with E-state index in [1.54, 1.807) is 24.3 Å². The van der Waals surface area contributed by atoms with Gasteiger partial charge in [-0.25, -0.2) is 12.7 Å². The molecule has 0 saturated heterocycles. The fraction of sp³-hybridized carbons (Fsp3) is 0.571. The van der Waals surface area contributed by atoms with Crippen molar-refractivity contribution in [1.29, 1.82) is 0 Å². The topological polar surface area (TPSA) is 69.6 Å². The van der Waals surface area contributed by atoms with E-state index in [1.807, 2.05) is 13.8 Å². The van der Waals surface area contributed by atoms with Crippen molar-refractivity contribution in [1.82, 2.24) is 9.62 Å². The smallest absolute Gasteiger partial charge is 0.242 e. The Kier molecular flexibility index (Phi) is 6.13. The van der Waals surface area contributed by atoms with E-state index in [4.69, 9.17) is 0 Å². The maximum absolute atomic E-state index is 11.9. The second kappa shape index (κ2) is 7.17. The van der Waals surface area contributed by atoms with Crippen LogP contribution >= 0.6 is 0 Å². The number of aliphatic hydroxyl groups excluding tert-OH is 1. The third-order valence-corrected chi connectivity index (χ3v) is 5.12. The Morgan fingerprint density at radius 3 is 2.25 bits per heavy atom. The van der Waals surface area contributed by atoms with Crippen LogP contribution in [0.1, 0.15) is 31.9 Å². The number of aliphatic hydroxyl groups is 1. The molecule has 0 heterocycles. The highest BCUT2D eigenvalue weighted by Crippen LogP contribution is 2.18. The lowest BCUT2D eigenvalue weighted by Gasteiger charge is -2.17. The molecule has 0 saturated carbocycles. The Bertz CT molecular complexity index is 512. The van der Waals surface area contributed by atoms with Crippen molar-refractivity contribution in [3.05, 3.63) is 29.8 Å². The molecule has 6 heteroatoms. The highest BCUT2D eigenvalue weighted by atomic mass is 32.2. The normalized spacial score (nSPS) is 15.3. The predicted octanol–water partition coefficient (Wildman–Crippen LogP) is 1.36. The van der Waals surface area contributed by atoms with Gasteiger partial charge in [-0.15, -0.1) is 0 Å². The first-order chi connectivity index (χ1) is 9.28. The monoisotopic (exact) mass is 300 g/mol. The second-order valence-corrected chi connectivity index (χ2v) is 7.20. The summed E-state index contributed by atoms with van der Waals surface area (Å²) in [7, 11) is -0.349. The van der Waals surface area contributed by atoms with Crippen LogP contribution in [0.25, 0.3) is 0 Å². The summed E-state index contributed by atoms with van der Waals surface area (Å²) in [5.74, 6) is 0. The first-order valence-corrected chi connectivity index (χ1v) is 8.17. The molecule has 1 aromatic carbocycles. The molecule has 1 aromatic rings. The summed E-state index contributed by atoms with van der Waals surface area (Å²) < 4.78 is 25.1. The van der Waals surface area contributed by atoms with Crippen LogP contribution in [-0.2, 0) is 10.0 Å². The maximum Gasteiger partial charge on any atom is 0.242 e. The SMILES string of the molecule is CC[C@@H](O)CNC(C)c1ccc(S(=O)(=O)N(C)C)cc1. The number of nitrogens with zero attached hydrogens (tertiary/aromatic N) is 1. The molecule has 0 radical (unpaired) electrons. The summed E-state index contributed by atoms with van der Waals surface area (Å²) in [5.41, 5.74) is 0.992. The predicted molar refractivity (Wildman–Crippen MR) is 80.0 cm³/mol. The van der Waals surface area contributed by atoms with Crippen molar-refractivity contribution in [3.63, 3.8) is 0 Å². The van der Waals surface area contributed by atoms with Crippen molar-refractivity contribution < 1.29 is 13.5 Å². The molecule has 2 atom stereocenters. The van der Waals surface area contributed by atoms with E-state index in [9.17, 15) is 13.5 Å². The van der Waals surface area contributed by atoms with Crippen LogP contribution in [0.15, 0.2) is 29.2 Å². The number of rotatable bonds is 7. The van der Waals surface area contributed by atoms with E-state index in [2.05, 4.69) is 5.32 Å². The summed E-state index contributed by atoms with van der Waals surface area (Å²) in [6, 6.07) is 6.88. The molecule has 2 N–H and O–H groups in total. The van der Waals surface area contributed by atoms with Gasteiger partial charge < -0.3 is 10.4 Å². The summed E-state index contributed by atoms with van der Waals surface area (Å²) in [6.07, 6.45) is 0.352. The average molecular weight is 300 g/mol. The van der Waals surface area contributed by atoms with E-state index < -0.39 is 10.0 Å². The average Bonchev–Trinajstić information content (AvgIpc) is 2.44. The van der Waals surface area contributed by atoms with Gasteiger partial charge in [-0.05, 0) is 31.0 Å². The molecule has 5 nitrogen and oxygen atoms in total. The van der Waals surface area contributed by atoms with Crippen molar-refractivity contribution >= 4 is 10.0 Å². The first kappa shape index (κ1) is 17.1. The summed E-state index contributed by atoms with van der Waals surface area (Å²) in [6.45, 7) is 4.44. The molecule has 0 aliphatic heterocycles. The van der Waals surface area contributed by atoms with Crippen LogP contribution < -0.4 is 5.32 Å². The fourth-order valence-electron chi connectivity index (χ4n) is 1.71. The molecular weight excluding hydrogens is 276 g/mol. The van der Waals surface area contributed by atoms with Gasteiger partial charge in [-0.1, -0.05) is 19.1 Å². The van der Waals surface area contributed by atoms with Gasteiger partial charge in [0, 0.05) is 26.7 Å². The zero-order chi connectivity index (χ0) is 15.3. The van der Waals surface area contributed by atoms with E-state index in [1.165, 1.54) is 18.4 Å². The quantitative estimate of drug-likeness (QED) is 0.798. The Hall–Kier alpha value is -0.950. The zero-order valence-electron chi connectivity index (χ0n) is 12.5. The van der Waals surface area contributed by atoms with Crippen LogP contribution in [0, 0.1) is 0 Å². The molecule has 0 fully saturated rings.